The Bertz CT molecular complexity index is 3140. The number of hydrogen-bond acceptors (Lipinski definition) is 13. The number of likely N-dealkylation sites (tertiary alicyclic amines) is 1. The van der Waals surface area contributed by atoms with Crippen LogP contribution in [0.2, 0.25) is 0 Å². The Morgan fingerprint density at radius 2 is 1.46 bits per heavy atom. The quantitative estimate of drug-likeness (QED) is 0.0573. The minimum Gasteiger partial charge on any atom is -0.395 e. The molecule has 1 aliphatic carbocycles. The number of piperidine rings is 1. The van der Waals surface area contributed by atoms with Crippen molar-refractivity contribution in [2.75, 3.05) is 71.1 Å². The summed E-state index contributed by atoms with van der Waals surface area (Å²) in [6.45, 7) is 6.74. The Kier molecular flexibility index (Phi) is 16.2. The largest absolute Gasteiger partial charge is 0.586 e. The van der Waals surface area contributed by atoms with Crippen molar-refractivity contribution in [2.24, 2.45) is 0 Å². The monoisotopic (exact) mass is 1050 g/mol. The molecule has 3 aliphatic rings. The zero-order chi connectivity index (χ0) is 53.5. The predicted octanol–water partition coefficient (Wildman–Crippen LogP) is 5.62. The first-order valence-electron chi connectivity index (χ1n) is 25.3. The maximum atomic E-state index is 13.6. The molecule has 0 spiro atoms. The summed E-state index contributed by atoms with van der Waals surface area (Å²) in [6, 6.07) is 27.8. The fourth-order valence-electron chi connectivity index (χ4n) is 9.41. The molecule has 0 bridgehead atoms. The Labute approximate surface area is 436 Å². The van der Waals surface area contributed by atoms with Crippen LogP contribution in [-0.4, -0.2) is 131 Å². The molecular weight excluding hydrogens is 987 g/mol. The number of aliphatic hydroxyl groups is 1. The number of fused-ring (bicyclic) bond motifs is 2. The smallest absolute Gasteiger partial charge is 0.395 e. The number of benzene rings is 3. The zero-order valence-corrected chi connectivity index (χ0v) is 42.2. The van der Waals surface area contributed by atoms with E-state index in [1.807, 2.05) is 56.3 Å². The highest BCUT2D eigenvalue weighted by Gasteiger charge is 2.53. The number of halogens is 2. The van der Waals surface area contributed by atoms with Gasteiger partial charge >= 0.3 is 6.29 Å². The van der Waals surface area contributed by atoms with E-state index in [1.165, 1.54) is 39.7 Å². The third-order valence-electron chi connectivity index (χ3n) is 13.9. The molecule has 6 aromatic rings. The second kappa shape index (κ2) is 23.1. The Morgan fingerprint density at radius 3 is 2.17 bits per heavy atom. The highest BCUT2D eigenvalue weighted by Crippen LogP contribution is 2.52. The SMILES string of the molecule is Cc1ccc(NC(=O)C2(c3ccc4c(c3)OC(F)(F)O4)CC2)nc1-c1cccc(C(=O)NCCOCCOCCOCCNC(=O)c2ccc3c(=O)n(CC4(O)CCN(C(=O)CC(C)c5ccccc5)CC4)cnn23)c1. The number of anilines is 1. The highest BCUT2D eigenvalue weighted by molar-refractivity contribution is 6.01. The molecule has 4 N–H and O–H groups in total. The molecule has 1 saturated heterocycles. The van der Waals surface area contributed by atoms with Gasteiger partial charge in [0.05, 0.1) is 62.9 Å². The first-order chi connectivity index (χ1) is 36.6. The van der Waals surface area contributed by atoms with Gasteiger partial charge in [-0.2, -0.15) is 5.10 Å². The maximum absolute atomic E-state index is 13.6. The minimum absolute atomic E-state index is 0.00833. The summed E-state index contributed by atoms with van der Waals surface area (Å²) in [6.07, 6.45) is -0.388. The van der Waals surface area contributed by atoms with Gasteiger partial charge in [0.25, 0.3) is 17.4 Å². The molecule has 21 heteroatoms. The van der Waals surface area contributed by atoms with E-state index in [0.717, 1.165) is 11.1 Å². The first-order valence-corrected chi connectivity index (χ1v) is 25.3. The van der Waals surface area contributed by atoms with Gasteiger partial charge in [0.1, 0.15) is 23.4 Å². The molecule has 4 amide bonds. The van der Waals surface area contributed by atoms with Crippen molar-refractivity contribution < 1.29 is 56.7 Å². The van der Waals surface area contributed by atoms with E-state index in [0.29, 0.717) is 86.6 Å². The lowest BCUT2D eigenvalue weighted by atomic mass is 9.90. The number of rotatable bonds is 23. The van der Waals surface area contributed by atoms with Crippen LogP contribution in [0.5, 0.6) is 11.5 Å². The summed E-state index contributed by atoms with van der Waals surface area (Å²) in [5.41, 5.74) is 1.96. The van der Waals surface area contributed by atoms with E-state index in [4.69, 9.17) is 19.2 Å². The van der Waals surface area contributed by atoms with E-state index in [9.17, 15) is 37.9 Å². The molecule has 2 fully saturated rings. The van der Waals surface area contributed by atoms with Crippen LogP contribution >= 0.6 is 0 Å². The summed E-state index contributed by atoms with van der Waals surface area (Å²) in [7, 11) is 0. The minimum atomic E-state index is -3.76. The summed E-state index contributed by atoms with van der Waals surface area (Å²) in [5.74, 6) is -0.873. The third-order valence-corrected chi connectivity index (χ3v) is 13.9. The van der Waals surface area contributed by atoms with Crippen molar-refractivity contribution in [1.29, 1.82) is 0 Å². The van der Waals surface area contributed by atoms with E-state index in [2.05, 4.69) is 30.5 Å². The molecule has 76 heavy (non-hydrogen) atoms. The molecule has 400 valence electrons. The van der Waals surface area contributed by atoms with Crippen LogP contribution in [-0.2, 0) is 35.8 Å². The molecule has 1 unspecified atom stereocenters. The van der Waals surface area contributed by atoms with Crippen LogP contribution in [0.1, 0.15) is 82.5 Å². The maximum Gasteiger partial charge on any atom is 0.586 e. The Hall–Kier alpha value is -7.59. The second-order valence-electron chi connectivity index (χ2n) is 19.4. The van der Waals surface area contributed by atoms with E-state index in [-0.39, 0.29) is 92.4 Å². The van der Waals surface area contributed by atoms with Crippen molar-refractivity contribution in [2.45, 2.75) is 75.7 Å². The van der Waals surface area contributed by atoms with Crippen molar-refractivity contribution in [3.63, 3.8) is 0 Å². The lowest BCUT2D eigenvalue weighted by Gasteiger charge is -2.38. The van der Waals surface area contributed by atoms with Crippen LogP contribution in [0.4, 0.5) is 14.6 Å². The standard InChI is InChI=1S/C55H60F2N8O11/c1-36-11-16-46(62-52(70)54(17-18-54)41-12-15-44-45(33-41)76-55(56,57)75-44)61-48(36)39-9-6-10-40(32-39)49(67)58-21-25-72-27-29-74-30-28-73-26-22-59-50(68)42-13-14-43-51(69)64(35-60-65(42)43)34-53(71)19-23-63(24-20-53)47(66)31-37(2)38-7-4-3-5-8-38/h3-16,32-33,35,37,71H,17-31,34H2,1-2H3,(H,58,67)(H,59,68)(H,61,62,70). The molecule has 3 aromatic carbocycles. The highest BCUT2D eigenvalue weighted by atomic mass is 19.3. The number of hydrogen-bond donors (Lipinski definition) is 4. The molecule has 3 aromatic heterocycles. The van der Waals surface area contributed by atoms with Crippen LogP contribution in [0.25, 0.3) is 16.8 Å². The van der Waals surface area contributed by atoms with Crippen LogP contribution in [0.3, 0.4) is 0 Å². The van der Waals surface area contributed by atoms with Crippen LogP contribution in [0, 0.1) is 6.92 Å². The molecule has 9 rings (SSSR count). The molecule has 2 aliphatic heterocycles. The van der Waals surface area contributed by atoms with Gasteiger partial charge in [0, 0.05) is 43.7 Å². The average Bonchev–Trinajstić information content (AvgIpc) is 4.03. The van der Waals surface area contributed by atoms with E-state index >= 15 is 0 Å². The van der Waals surface area contributed by atoms with Gasteiger partial charge in [-0.15, -0.1) is 8.78 Å². The summed E-state index contributed by atoms with van der Waals surface area (Å²) >= 11 is 0. The van der Waals surface area contributed by atoms with Gasteiger partial charge in [-0.3, -0.25) is 28.5 Å². The van der Waals surface area contributed by atoms with E-state index < -0.39 is 28.8 Å². The van der Waals surface area contributed by atoms with Gasteiger partial charge in [0.2, 0.25) is 11.8 Å². The number of pyridine rings is 1. The van der Waals surface area contributed by atoms with Gasteiger partial charge in [0.15, 0.2) is 11.5 Å². The molecule has 19 nitrogen and oxygen atoms in total. The zero-order valence-electron chi connectivity index (χ0n) is 42.2. The lowest BCUT2D eigenvalue weighted by Crippen LogP contribution is -2.50. The number of ether oxygens (including phenoxy) is 5. The van der Waals surface area contributed by atoms with Crippen molar-refractivity contribution in [1.82, 2.24) is 34.7 Å². The number of nitrogens with one attached hydrogen (secondary N) is 3. The van der Waals surface area contributed by atoms with Crippen molar-refractivity contribution in [3.05, 3.63) is 142 Å². The Balaban J connectivity index is 0.628. The number of aryl methyl sites for hydroxylation is 1. The van der Waals surface area contributed by atoms with Crippen LogP contribution in [0.15, 0.2) is 108 Å². The fraction of sp³-hybridized carbons (Fsp3) is 0.400. The molecule has 1 atom stereocenters. The number of carbonyl (C=O) groups is 4. The first kappa shape index (κ1) is 53.2. The third kappa shape index (κ3) is 12.6. The number of alkyl halides is 2. The molecular formula is C55H60F2N8O11. The van der Waals surface area contributed by atoms with Gasteiger partial charge in [-0.05, 0) is 97.7 Å². The Morgan fingerprint density at radius 1 is 0.776 bits per heavy atom. The second-order valence-corrected chi connectivity index (χ2v) is 19.4. The normalized spacial score (nSPS) is 16.2. The lowest BCUT2D eigenvalue weighted by molar-refractivity contribution is -0.286. The van der Waals surface area contributed by atoms with E-state index in [1.54, 1.807) is 35.2 Å². The number of amides is 4. The topological polar surface area (TPSA) is 226 Å². The molecule has 5 heterocycles. The van der Waals surface area contributed by atoms with Crippen molar-refractivity contribution in [3.8, 4) is 22.8 Å². The molecule has 0 radical (unpaired) electrons. The number of nitrogens with zero attached hydrogens (tertiary/aromatic N) is 5. The van der Waals surface area contributed by atoms with Crippen LogP contribution < -0.4 is 31.0 Å². The summed E-state index contributed by atoms with van der Waals surface area (Å²) in [4.78, 5) is 72.6. The average molecular weight is 1050 g/mol. The van der Waals surface area contributed by atoms with Gasteiger partial charge < -0.3 is 49.6 Å². The van der Waals surface area contributed by atoms with Gasteiger partial charge in [-0.1, -0.05) is 61.5 Å². The molecule has 1 saturated carbocycles. The fourth-order valence-corrected chi connectivity index (χ4v) is 9.41. The number of carbonyl (C=O) groups excluding carboxylic acids is 4. The van der Waals surface area contributed by atoms with Crippen molar-refractivity contribution >= 4 is 35.0 Å². The predicted molar refractivity (Wildman–Crippen MR) is 273 cm³/mol. The number of aromatic nitrogens is 4. The summed E-state index contributed by atoms with van der Waals surface area (Å²) < 4.78 is 55.7. The summed E-state index contributed by atoms with van der Waals surface area (Å²) in [5, 5.41) is 24.2. The van der Waals surface area contributed by atoms with Gasteiger partial charge in [-0.25, -0.2) is 9.50 Å².